The fraction of sp³-hybridized carbons (Fsp3) is 0.364. The van der Waals surface area contributed by atoms with Crippen LogP contribution in [0.5, 0.6) is 0 Å². The van der Waals surface area contributed by atoms with Gasteiger partial charge in [-0.1, -0.05) is 24.3 Å². The molecule has 0 fully saturated rings. The van der Waals surface area contributed by atoms with Crippen molar-refractivity contribution in [2.24, 2.45) is 0 Å². The highest BCUT2D eigenvalue weighted by molar-refractivity contribution is 5.99. The van der Waals surface area contributed by atoms with Gasteiger partial charge in [-0.2, -0.15) is 0 Å². The summed E-state index contributed by atoms with van der Waals surface area (Å²) >= 11 is 0. The Morgan fingerprint density at radius 3 is 2.48 bits per heavy atom. The lowest BCUT2D eigenvalue weighted by atomic mass is 10.0. The number of amides is 2. The minimum atomic E-state index is -0.524. The molecule has 0 saturated heterocycles. The maximum Gasteiger partial charge on any atom is 0.419 e. The van der Waals surface area contributed by atoms with Crippen molar-refractivity contribution in [3.8, 4) is 0 Å². The predicted octanol–water partition coefficient (Wildman–Crippen LogP) is 2.77. The molecule has 29 heavy (non-hydrogen) atoms. The second-order valence-corrected chi connectivity index (χ2v) is 7.22. The number of para-hydroxylation sites is 1. The fourth-order valence-corrected chi connectivity index (χ4v) is 3.29. The summed E-state index contributed by atoms with van der Waals surface area (Å²) in [6.07, 6.45) is 0.664. The third-order valence-electron chi connectivity index (χ3n) is 4.75. The van der Waals surface area contributed by atoms with Gasteiger partial charge in [-0.15, -0.1) is 0 Å². The number of carbonyl (C=O) groups excluding carboxylic acids is 2. The Kier molecular flexibility index (Phi) is 6.72. The number of ether oxygens (including phenoxy) is 2. The number of quaternary nitrogens is 1. The van der Waals surface area contributed by atoms with Crippen LogP contribution in [0.1, 0.15) is 18.1 Å². The normalized spacial score (nSPS) is 12.6. The van der Waals surface area contributed by atoms with E-state index in [-0.39, 0.29) is 6.61 Å². The minimum absolute atomic E-state index is 0.288. The van der Waals surface area contributed by atoms with Crippen LogP contribution >= 0.6 is 0 Å². The van der Waals surface area contributed by atoms with Crippen molar-refractivity contribution in [3.63, 3.8) is 0 Å². The second-order valence-electron chi connectivity index (χ2n) is 7.22. The number of aryl methyl sites for hydroxylation is 2. The van der Waals surface area contributed by atoms with E-state index in [9.17, 15) is 9.59 Å². The van der Waals surface area contributed by atoms with Gasteiger partial charge in [-0.05, 0) is 49.1 Å². The van der Waals surface area contributed by atoms with E-state index in [1.54, 1.807) is 17.9 Å². The molecule has 0 bridgehead atoms. The van der Waals surface area contributed by atoms with Crippen LogP contribution in [-0.4, -0.2) is 46.0 Å². The molecule has 0 atom stereocenters. The lowest BCUT2D eigenvalue weighted by Gasteiger charge is -2.25. The SMILES string of the molecule is CCOC(=O)Nc1ccc2c(c1)N(C(=O)OCC[NH+](C)C)c1ccccc1CC2. The Morgan fingerprint density at radius 1 is 1.03 bits per heavy atom. The first kappa shape index (κ1) is 20.7. The molecule has 3 rings (SSSR count). The summed E-state index contributed by atoms with van der Waals surface area (Å²) in [5.74, 6) is 0. The van der Waals surface area contributed by atoms with Gasteiger partial charge in [0.1, 0.15) is 13.2 Å². The molecule has 0 aromatic heterocycles. The van der Waals surface area contributed by atoms with E-state index in [0.29, 0.717) is 18.0 Å². The third-order valence-corrected chi connectivity index (χ3v) is 4.75. The van der Waals surface area contributed by atoms with Crippen molar-refractivity contribution in [3.05, 3.63) is 53.6 Å². The van der Waals surface area contributed by atoms with E-state index < -0.39 is 12.2 Å². The summed E-state index contributed by atoms with van der Waals surface area (Å²) in [4.78, 5) is 27.7. The van der Waals surface area contributed by atoms with E-state index >= 15 is 0 Å². The summed E-state index contributed by atoms with van der Waals surface area (Å²) in [7, 11) is 4.02. The van der Waals surface area contributed by atoms with E-state index in [1.807, 2.05) is 50.5 Å². The number of benzene rings is 2. The third kappa shape index (κ3) is 5.06. The summed E-state index contributed by atoms with van der Waals surface area (Å²) in [6, 6.07) is 13.4. The molecular formula is C22H28N3O4+. The van der Waals surface area contributed by atoms with E-state index in [2.05, 4.69) is 5.32 Å². The predicted molar refractivity (Wildman–Crippen MR) is 112 cm³/mol. The number of hydrogen-bond acceptors (Lipinski definition) is 4. The van der Waals surface area contributed by atoms with Crippen LogP contribution in [0, 0.1) is 0 Å². The average molecular weight is 398 g/mol. The Balaban J connectivity index is 1.96. The van der Waals surface area contributed by atoms with Crippen LogP contribution in [0.4, 0.5) is 26.7 Å². The van der Waals surface area contributed by atoms with E-state index in [1.165, 1.54) is 4.90 Å². The largest absolute Gasteiger partial charge is 0.450 e. The van der Waals surface area contributed by atoms with Gasteiger partial charge in [0.25, 0.3) is 0 Å². The number of nitrogens with zero attached hydrogens (tertiary/aromatic N) is 1. The van der Waals surface area contributed by atoms with Crippen LogP contribution in [-0.2, 0) is 22.3 Å². The molecule has 1 aliphatic heterocycles. The summed E-state index contributed by atoms with van der Waals surface area (Å²) < 4.78 is 10.5. The fourth-order valence-electron chi connectivity index (χ4n) is 3.29. The van der Waals surface area contributed by atoms with Gasteiger partial charge in [0.15, 0.2) is 0 Å². The van der Waals surface area contributed by atoms with Crippen molar-refractivity contribution in [1.29, 1.82) is 0 Å². The van der Waals surface area contributed by atoms with Crippen molar-refractivity contribution < 1.29 is 24.0 Å². The highest BCUT2D eigenvalue weighted by Gasteiger charge is 2.27. The topological polar surface area (TPSA) is 72.3 Å². The number of likely N-dealkylation sites (N-methyl/N-ethyl adjacent to an activating group) is 1. The summed E-state index contributed by atoms with van der Waals surface area (Å²) in [6.45, 7) is 3.09. The lowest BCUT2D eigenvalue weighted by molar-refractivity contribution is -0.858. The van der Waals surface area contributed by atoms with Gasteiger partial charge in [0.05, 0.1) is 32.1 Å². The highest BCUT2D eigenvalue weighted by Crippen LogP contribution is 2.38. The van der Waals surface area contributed by atoms with Gasteiger partial charge in [-0.25, -0.2) is 14.5 Å². The average Bonchev–Trinajstić information content (AvgIpc) is 2.84. The number of rotatable bonds is 5. The van der Waals surface area contributed by atoms with Crippen molar-refractivity contribution in [1.82, 2.24) is 0 Å². The van der Waals surface area contributed by atoms with Crippen LogP contribution < -0.4 is 15.1 Å². The first-order valence-corrected chi connectivity index (χ1v) is 9.90. The molecule has 2 amide bonds. The Labute approximate surface area is 171 Å². The minimum Gasteiger partial charge on any atom is -0.450 e. The first-order chi connectivity index (χ1) is 14.0. The molecule has 2 aromatic carbocycles. The molecule has 7 nitrogen and oxygen atoms in total. The molecule has 0 saturated carbocycles. The Hall–Kier alpha value is -3.06. The number of hydrogen-bond donors (Lipinski definition) is 2. The zero-order chi connectivity index (χ0) is 20.8. The molecular weight excluding hydrogens is 370 g/mol. The summed E-state index contributed by atoms with van der Waals surface area (Å²) in [5, 5.41) is 2.71. The van der Waals surface area contributed by atoms with Crippen LogP contribution in [0.2, 0.25) is 0 Å². The molecule has 0 radical (unpaired) electrons. The molecule has 0 unspecified atom stereocenters. The lowest BCUT2D eigenvalue weighted by Crippen LogP contribution is -3.06. The van der Waals surface area contributed by atoms with E-state index in [0.717, 1.165) is 36.2 Å². The molecule has 1 aliphatic rings. The maximum absolute atomic E-state index is 13.1. The zero-order valence-electron chi connectivity index (χ0n) is 17.2. The molecule has 2 N–H and O–H groups in total. The van der Waals surface area contributed by atoms with E-state index in [4.69, 9.17) is 9.47 Å². The van der Waals surface area contributed by atoms with Crippen LogP contribution in [0.25, 0.3) is 0 Å². The molecule has 0 spiro atoms. The van der Waals surface area contributed by atoms with Gasteiger partial charge < -0.3 is 14.4 Å². The molecule has 2 aromatic rings. The van der Waals surface area contributed by atoms with Crippen LogP contribution in [0.15, 0.2) is 42.5 Å². The highest BCUT2D eigenvalue weighted by atomic mass is 16.6. The quantitative estimate of drug-likeness (QED) is 0.812. The maximum atomic E-state index is 13.1. The first-order valence-electron chi connectivity index (χ1n) is 9.90. The van der Waals surface area contributed by atoms with Crippen molar-refractivity contribution in [2.75, 3.05) is 44.1 Å². The number of fused-ring (bicyclic) bond motifs is 2. The molecule has 7 heteroatoms. The molecule has 154 valence electrons. The molecule has 1 heterocycles. The van der Waals surface area contributed by atoms with Gasteiger partial charge in [0.2, 0.25) is 0 Å². The Bertz CT molecular complexity index is 882. The van der Waals surface area contributed by atoms with Gasteiger partial charge in [0, 0.05) is 5.69 Å². The van der Waals surface area contributed by atoms with Crippen LogP contribution in [0.3, 0.4) is 0 Å². The van der Waals surface area contributed by atoms with Gasteiger partial charge >= 0.3 is 12.2 Å². The second kappa shape index (κ2) is 9.43. The zero-order valence-corrected chi connectivity index (χ0v) is 17.2. The van der Waals surface area contributed by atoms with Gasteiger partial charge in [-0.3, -0.25) is 5.32 Å². The summed E-state index contributed by atoms with van der Waals surface area (Å²) in [5.41, 5.74) is 4.19. The standard InChI is InChI=1S/C22H27N3O4/c1-4-28-21(26)23-18-12-11-17-10-9-16-7-5-6-8-19(16)25(20(17)15-18)22(27)29-14-13-24(2)3/h5-8,11-12,15H,4,9-10,13-14H2,1-3H3,(H,23,26)/p+1. The number of carbonyl (C=O) groups is 2. The number of nitrogens with one attached hydrogen (secondary N) is 2. The number of anilines is 3. The smallest absolute Gasteiger partial charge is 0.419 e. The Morgan fingerprint density at radius 2 is 1.76 bits per heavy atom. The van der Waals surface area contributed by atoms with Crippen molar-refractivity contribution in [2.45, 2.75) is 19.8 Å². The monoisotopic (exact) mass is 398 g/mol. The molecule has 0 aliphatic carbocycles. The van der Waals surface area contributed by atoms with Crippen molar-refractivity contribution >= 4 is 29.2 Å².